The molecular weight excluding hydrogens is 212 g/mol. The number of methoxy groups -OCH3 is 1. The summed E-state index contributed by atoms with van der Waals surface area (Å²) in [6, 6.07) is 10.2. The summed E-state index contributed by atoms with van der Waals surface area (Å²) < 4.78 is 5.21. The molecule has 1 saturated heterocycles. The monoisotopic (exact) mass is 228 g/mol. The van der Waals surface area contributed by atoms with E-state index in [9.17, 15) is 0 Å². The lowest BCUT2D eigenvalue weighted by atomic mass is 10.2. The minimum atomic E-state index is 0.883. The highest BCUT2D eigenvalue weighted by molar-refractivity contribution is 5.81. The molecule has 0 saturated carbocycles. The summed E-state index contributed by atoms with van der Waals surface area (Å²) in [4.78, 5) is 7.05. The Hall–Kier alpha value is -1.77. The van der Waals surface area contributed by atoms with Gasteiger partial charge in [0.1, 0.15) is 11.6 Å². The van der Waals surface area contributed by atoms with Gasteiger partial charge in [-0.2, -0.15) is 0 Å². The highest BCUT2D eigenvalue weighted by atomic mass is 16.5. The smallest absolute Gasteiger partial charge is 0.129 e. The topological polar surface area (TPSA) is 25.4 Å². The van der Waals surface area contributed by atoms with Crippen molar-refractivity contribution >= 4 is 16.7 Å². The zero-order valence-electron chi connectivity index (χ0n) is 10.0. The van der Waals surface area contributed by atoms with Crippen LogP contribution in [-0.2, 0) is 0 Å². The van der Waals surface area contributed by atoms with Crippen LogP contribution in [-0.4, -0.2) is 25.2 Å². The molecule has 0 bridgehead atoms. The standard InChI is InChI=1S/C14H16N2O/c1-17-12-5-6-13-11(10-12)4-7-14(15-13)16-8-2-3-9-16/h4-7,10H,2-3,8-9H2,1H3. The van der Waals surface area contributed by atoms with Crippen LogP contribution in [0.4, 0.5) is 5.82 Å². The Balaban J connectivity index is 2.01. The second-order valence-electron chi connectivity index (χ2n) is 4.42. The zero-order valence-corrected chi connectivity index (χ0v) is 10.0. The molecule has 1 aromatic carbocycles. The molecule has 3 rings (SSSR count). The van der Waals surface area contributed by atoms with Gasteiger partial charge in [-0.05, 0) is 43.2 Å². The van der Waals surface area contributed by atoms with E-state index in [1.54, 1.807) is 7.11 Å². The Labute approximate surface area is 101 Å². The van der Waals surface area contributed by atoms with Crippen LogP contribution in [0.2, 0.25) is 0 Å². The number of benzene rings is 1. The number of nitrogens with zero attached hydrogens (tertiary/aromatic N) is 2. The highest BCUT2D eigenvalue weighted by Gasteiger charge is 2.13. The number of hydrogen-bond donors (Lipinski definition) is 0. The van der Waals surface area contributed by atoms with Gasteiger partial charge >= 0.3 is 0 Å². The Morgan fingerprint density at radius 1 is 1.12 bits per heavy atom. The van der Waals surface area contributed by atoms with Crippen LogP contribution >= 0.6 is 0 Å². The molecule has 1 aliphatic heterocycles. The molecule has 0 unspecified atom stereocenters. The van der Waals surface area contributed by atoms with Crippen molar-refractivity contribution in [1.29, 1.82) is 0 Å². The largest absolute Gasteiger partial charge is 0.497 e. The molecule has 1 fully saturated rings. The van der Waals surface area contributed by atoms with E-state index in [2.05, 4.69) is 17.0 Å². The number of hydrogen-bond acceptors (Lipinski definition) is 3. The maximum atomic E-state index is 5.21. The second kappa shape index (κ2) is 4.24. The summed E-state index contributed by atoms with van der Waals surface area (Å²) in [6.45, 7) is 2.27. The fourth-order valence-corrected chi connectivity index (χ4v) is 2.34. The van der Waals surface area contributed by atoms with Crippen LogP contribution in [0.15, 0.2) is 30.3 Å². The van der Waals surface area contributed by atoms with Crippen molar-refractivity contribution < 1.29 is 4.74 Å². The molecule has 0 N–H and O–H groups in total. The number of rotatable bonds is 2. The first-order chi connectivity index (χ1) is 8.36. The van der Waals surface area contributed by atoms with E-state index in [1.807, 2.05) is 18.2 Å². The van der Waals surface area contributed by atoms with Crippen LogP contribution in [0.1, 0.15) is 12.8 Å². The van der Waals surface area contributed by atoms with E-state index >= 15 is 0 Å². The first-order valence-corrected chi connectivity index (χ1v) is 6.06. The predicted octanol–water partition coefficient (Wildman–Crippen LogP) is 2.84. The van der Waals surface area contributed by atoms with Crippen LogP contribution in [0.5, 0.6) is 5.75 Å². The Kier molecular flexibility index (Phi) is 2.59. The van der Waals surface area contributed by atoms with Gasteiger partial charge in [0, 0.05) is 18.5 Å². The summed E-state index contributed by atoms with van der Waals surface area (Å²) in [5.41, 5.74) is 1.04. The summed E-state index contributed by atoms with van der Waals surface area (Å²) in [6.07, 6.45) is 2.56. The number of ether oxygens (including phenoxy) is 1. The number of fused-ring (bicyclic) bond motifs is 1. The van der Waals surface area contributed by atoms with Crippen molar-refractivity contribution in [3.05, 3.63) is 30.3 Å². The lowest BCUT2D eigenvalue weighted by molar-refractivity contribution is 0.415. The van der Waals surface area contributed by atoms with Crippen LogP contribution < -0.4 is 9.64 Å². The van der Waals surface area contributed by atoms with Gasteiger partial charge in [-0.1, -0.05) is 0 Å². The summed E-state index contributed by atoms with van der Waals surface area (Å²) >= 11 is 0. The van der Waals surface area contributed by atoms with E-state index in [1.165, 1.54) is 12.8 Å². The molecule has 2 aromatic rings. The van der Waals surface area contributed by atoms with E-state index in [4.69, 9.17) is 9.72 Å². The fourth-order valence-electron chi connectivity index (χ4n) is 2.34. The molecule has 2 heterocycles. The van der Waals surface area contributed by atoms with Crippen molar-refractivity contribution in [3.63, 3.8) is 0 Å². The van der Waals surface area contributed by atoms with E-state index in [-0.39, 0.29) is 0 Å². The molecule has 0 amide bonds. The molecule has 0 aliphatic carbocycles. The molecule has 0 spiro atoms. The predicted molar refractivity (Wildman–Crippen MR) is 69.7 cm³/mol. The van der Waals surface area contributed by atoms with Crippen molar-refractivity contribution in [1.82, 2.24) is 4.98 Å². The minimum Gasteiger partial charge on any atom is -0.497 e. The maximum Gasteiger partial charge on any atom is 0.129 e. The molecule has 3 heteroatoms. The molecule has 0 radical (unpaired) electrons. The summed E-state index contributed by atoms with van der Waals surface area (Å²) in [5.74, 6) is 1.98. The third-order valence-electron chi connectivity index (χ3n) is 3.31. The van der Waals surface area contributed by atoms with E-state index in [0.717, 1.165) is 35.6 Å². The first kappa shape index (κ1) is 10.4. The molecule has 17 heavy (non-hydrogen) atoms. The van der Waals surface area contributed by atoms with Crippen molar-refractivity contribution in [2.45, 2.75) is 12.8 Å². The van der Waals surface area contributed by atoms with Gasteiger partial charge < -0.3 is 9.64 Å². The van der Waals surface area contributed by atoms with Crippen molar-refractivity contribution in [2.75, 3.05) is 25.1 Å². The van der Waals surface area contributed by atoms with Crippen LogP contribution in [0.3, 0.4) is 0 Å². The molecule has 0 atom stereocenters. The SMILES string of the molecule is COc1ccc2nc(N3CCCC3)ccc2c1. The quantitative estimate of drug-likeness (QED) is 0.790. The maximum absolute atomic E-state index is 5.21. The molecular formula is C14H16N2O. The lowest BCUT2D eigenvalue weighted by Gasteiger charge is -2.16. The highest BCUT2D eigenvalue weighted by Crippen LogP contribution is 2.24. The third-order valence-corrected chi connectivity index (χ3v) is 3.31. The lowest BCUT2D eigenvalue weighted by Crippen LogP contribution is -2.18. The van der Waals surface area contributed by atoms with Gasteiger partial charge in [0.25, 0.3) is 0 Å². The van der Waals surface area contributed by atoms with Crippen LogP contribution in [0, 0.1) is 0 Å². The number of pyridine rings is 1. The van der Waals surface area contributed by atoms with E-state index in [0.29, 0.717) is 0 Å². The Morgan fingerprint density at radius 2 is 1.94 bits per heavy atom. The molecule has 3 nitrogen and oxygen atoms in total. The normalized spacial score (nSPS) is 15.5. The Bertz CT molecular complexity index is 533. The molecule has 1 aromatic heterocycles. The fraction of sp³-hybridized carbons (Fsp3) is 0.357. The molecule has 1 aliphatic rings. The zero-order chi connectivity index (χ0) is 11.7. The second-order valence-corrected chi connectivity index (χ2v) is 4.42. The average molecular weight is 228 g/mol. The van der Waals surface area contributed by atoms with Gasteiger partial charge in [-0.15, -0.1) is 0 Å². The molecule has 88 valence electrons. The van der Waals surface area contributed by atoms with Gasteiger partial charge in [0.2, 0.25) is 0 Å². The number of aromatic nitrogens is 1. The van der Waals surface area contributed by atoms with Gasteiger partial charge in [-0.3, -0.25) is 0 Å². The van der Waals surface area contributed by atoms with E-state index < -0.39 is 0 Å². The Morgan fingerprint density at radius 3 is 2.71 bits per heavy atom. The van der Waals surface area contributed by atoms with Crippen molar-refractivity contribution in [3.8, 4) is 5.75 Å². The van der Waals surface area contributed by atoms with Crippen LogP contribution in [0.25, 0.3) is 10.9 Å². The average Bonchev–Trinajstić information content (AvgIpc) is 2.91. The third kappa shape index (κ3) is 1.93. The van der Waals surface area contributed by atoms with Gasteiger partial charge in [-0.25, -0.2) is 4.98 Å². The van der Waals surface area contributed by atoms with Gasteiger partial charge in [0.15, 0.2) is 0 Å². The van der Waals surface area contributed by atoms with Gasteiger partial charge in [0.05, 0.1) is 12.6 Å². The van der Waals surface area contributed by atoms with Crippen molar-refractivity contribution in [2.24, 2.45) is 0 Å². The summed E-state index contributed by atoms with van der Waals surface area (Å²) in [7, 11) is 1.69. The first-order valence-electron chi connectivity index (χ1n) is 6.06. The number of anilines is 1. The minimum absolute atomic E-state index is 0.883. The summed E-state index contributed by atoms with van der Waals surface area (Å²) in [5, 5.41) is 1.13.